The van der Waals surface area contributed by atoms with Crippen molar-refractivity contribution in [2.75, 3.05) is 0 Å². The molecule has 0 amide bonds. The van der Waals surface area contributed by atoms with Crippen LogP contribution in [-0.2, 0) is 17.4 Å². The molecule has 2 unspecified atom stereocenters. The van der Waals surface area contributed by atoms with Gasteiger partial charge in [0, 0.05) is 13.5 Å². The highest BCUT2D eigenvalue weighted by Gasteiger charge is 2.30. The molecule has 2 atom stereocenters. The summed E-state index contributed by atoms with van der Waals surface area (Å²) in [5.41, 5.74) is 1.14. The number of benzene rings is 1. The Labute approximate surface area is 110 Å². The lowest BCUT2D eigenvalue weighted by Crippen LogP contribution is -2.35. The Balaban J connectivity index is 0.00000180. The maximum atomic E-state index is 13.6. The van der Waals surface area contributed by atoms with E-state index in [1.165, 1.54) is 6.07 Å². The van der Waals surface area contributed by atoms with Gasteiger partial charge in [-0.05, 0) is 50.8 Å². The first-order valence-electron chi connectivity index (χ1n) is 5.95. The highest BCUT2D eigenvalue weighted by atomic mass is 32.2. The van der Waals surface area contributed by atoms with Gasteiger partial charge >= 0.3 is 0 Å². The van der Waals surface area contributed by atoms with Crippen molar-refractivity contribution < 1.29 is 14.4 Å². The Hall–Kier alpha value is -0.810. The summed E-state index contributed by atoms with van der Waals surface area (Å²) in [5.74, 6) is -1.09. The molecule has 0 heterocycles. The van der Waals surface area contributed by atoms with Crippen LogP contribution in [0.3, 0.4) is 0 Å². The van der Waals surface area contributed by atoms with Crippen LogP contribution in [0.25, 0.3) is 0 Å². The molecule has 0 aliphatic heterocycles. The minimum atomic E-state index is -1.24. The number of halogens is 2. The molecule has 0 bridgehead atoms. The van der Waals surface area contributed by atoms with Crippen molar-refractivity contribution in [1.29, 1.82) is 0 Å². The molecule has 1 aromatic rings. The number of hydrogen-bond acceptors (Lipinski definition) is 1. The predicted octanol–water partition coefficient (Wildman–Crippen LogP) is 3.25. The van der Waals surface area contributed by atoms with Crippen LogP contribution in [0, 0.1) is 11.6 Å². The molecule has 102 valence electrons. The summed E-state index contributed by atoms with van der Waals surface area (Å²) >= 11 is 0. The second-order valence-electron chi connectivity index (χ2n) is 5.55. The van der Waals surface area contributed by atoms with Gasteiger partial charge in [0.25, 0.3) is 0 Å². The minimum Gasteiger partial charge on any atom is -0.242 e. The molecule has 0 fully saturated rings. The van der Waals surface area contributed by atoms with E-state index in [9.17, 15) is 13.0 Å². The molecule has 18 heavy (non-hydrogen) atoms. The molecule has 0 radical (unpaired) electrons. The second-order valence-corrected chi connectivity index (χ2v) is 7.54. The van der Waals surface area contributed by atoms with Crippen LogP contribution in [0.4, 0.5) is 8.78 Å². The molecule has 0 saturated carbocycles. The highest BCUT2D eigenvalue weighted by Crippen LogP contribution is 2.34. The first-order chi connectivity index (χ1) is 8.29. The quantitative estimate of drug-likeness (QED) is 0.882. The fourth-order valence-electron chi connectivity index (χ4n) is 2.07. The average Bonchev–Trinajstić information content (AvgIpc) is 2.60. The molecule has 1 aliphatic carbocycles. The Morgan fingerprint density at radius 1 is 1.39 bits per heavy atom. The molecule has 0 spiro atoms. The maximum Gasteiger partial charge on any atom is 0.129 e. The first kappa shape index (κ1) is 13.6. The van der Waals surface area contributed by atoms with Gasteiger partial charge in [-0.3, -0.25) is 0 Å². The van der Waals surface area contributed by atoms with Gasteiger partial charge in [-0.1, -0.05) is 0 Å². The number of hydrogen-bond donors (Lipinski definition) is 1. The Bertz CT molecular complexity index is 502. The van der Waals surface area contributed by atoms with Gasteiger partial charge in [0.2, 0.25) is 0 Å². The van der Waals surface area contributed by atoms with Crippen molar-refractivity contribution in [3.05, 3.63) is 34.9 Å². The summed E-state index contributed by atoms with van der Waals surface area (Å²) in [4.78, 5) is 0. The van der Waals surface area contributed by atoms with Crippen LogP contribution in [0.5, 0.6) is 0 Å². The van der Waals surface area contributed by atoms with Gasteiger partial charge in [-0.15, -0.1) is 0 Å². The van der Waals surface area contributed by atoms with Crippen LogP contribution < -0.4 is 4.72 Å². The molecule has 2 nitrogen and oxygen atoms in total. The Morgan fingerprint density at radius 2 is 2.06 bits per heavy atom. The van der Waals surface area contributed by atoms with Gasteiger partial charge in [0.15, 0.2) is 0 Å². The van der Waals surface area contributed by atoms with Crippen LogP contribution in [0.15, 0.2) is 12.1 Å². The number of rotatable bonds is 2. The first-order valence-corrected chi connectivity index (χ1v) is 7.10. The van der Waals surface area contributed by atoms with Gasteiger partial charge in [0.05, 0.1) is 15.7 Å². The third-order valence-electron chi connectivity index (χ3n) is 3.06. The van der Waals surface area contributed by atoms with E-state index >= 15 is 0 Å². The third-order valence-corrected chi connectivity index (χ3v) is 4.67. The largest absolute Gasteiger partial charge is 0.242 e. The van der Waals surface area contributed by atoms with Crippen molar-refractivity contribution in [2.45, 2.75) is 44.4 Å². The topological polar surface area (TPSA) is 29.1 Å². The van der Waals surface area contributed by atoms with E-state index in [2.05, 4.69) is 4.72 Å². The summed E-state index contributed by atoms with van der Waals surface area (Å²) in [6.45, 7) is 5.58. The fourth-order valence-corrected chi connectivity index (χ4v) is 2.93. The summed E-state index contributed by atoms with van der Waals surface area (Å²) in [6, 6.07) is 2.01. The normalized spacial score (nSPS) is 20.8. The minimum absolute atomic E-state index is 0. The predicted molar refractivity (Wildman–Crippen MR) is 70.6 cm³/mol. The standard InChI is InChI=1S/C13H17F2NOS.H2/c1-13(2,3)18(17)16-12-5-4-9-10(12)6-8(14)7-11(9)15;/h6-7,12,16H,4-5H2,1-3H3;1H. The summed E-state index contributed by atoms with van der Waals surface area (Å²) in [7, 11) is -1.24. The molecule has 0 saturated heterocycles. The zero-order valence-corrected chi connectivity index (χ0v) is 11.5. The molecule has 2 rings (SSSR count). The van der Waals surface area contributed by atoms with Gasteiger partial charge in [0.1, 0.15) is 11.6 Å². The van der Waals surface area contributed by atoms with Gasteiger partial charge in [-0.25, -0.2) is 17.7 Å². The fraction of sp³-hybridized carbons (Fsp3) is 0.538. The lowest BCUT2D eigenvalue weighted by atomic mass is 10.1. The molecule has 0 aromatic heterocycles. The second kappa shape index (κ2) is 4.70. The SMILES string of the molecule is CC(C)(C)S(=O)NC1CCc2c(F)cc(F)cc21.[HH]. The lowest BCUT2D eigenvalue weighted by molar-refractivity contribution is 0.572. The van der Waals surface area contributed by atoms with E-state index in [-0.39, 0.29) is 7.47 Å². The highest BCUT2D eigenvalue weighted by molar-refractivity contribution is 7.84. The van der Waals surface area contributed by atoms with Gasteiger partial charge in [-0.2, -0.15) is 0 Å². The van der Waals surface area contributed by atoms with E-state index in [0.29, 0.717) is 24.0 Å². The van der Waals surface area contributed by atoms with Crippen LogP contribution in [-0.4, -0.2) is 8.96 Å². The number of fused-ring (bicyclic) bond motifs is 1. The molecule has 5 heteroatoms. The van der Waals surface area contributed by atoms with E-state index in [1.54, 1.807) is 0 Å². The van der Waals surface area contributed by atoms with E-state index in [0.717, 1.165) is 6.07 Å². The monoisotopic (exact) mass is 275 g/mol. The van der Waals surface area contributed by atoms with E-state index in [1.807, 2.05) is 20.8 Å². The number of nitrogens with one attached hydrogen (secondary N) is 1. The van der Waals surface area contributed by atoms with E-state index < -0.39 is 27.4 Å². The average molecular weight is 275 g/mol. The zero-order valence-electron chi connectivity index (χ0n) is 10.7. The van der Waals surface area contributed by atoms with Crippen molar-refractivity contribution in [2.24, 2.45) is 0 Å². The van der Waals surface area contributed by atoms with Crippen molar-refractivity contribution >= 4 is 11.0 Å². The Morgan fingerprint density at radius 3 is 2.67 bits per heavy atom. The molecular formula is C13H19F2NOS. The lowest BCUT2D eigenvalue weighted by Gasteiger charge is -2.22. The van der Waals surface area contributed by atoms with Crippen LogP contribution in [0.1, 0.15) is 45.8 Å². The van der Waals surface area contributed by atoms with Crippen molar-refractivity contribution in [3.8, 4) is 0 Å². The van der Waals surface area contributed by atoms with Crippen LogP contribution >= 0.6 is 0 Å². The van der Waals surface area contributed by atoms with Gasteiger partial charge < -0.3 is 0 Å². The molecular weight excluding hydrogens is 256 g/mol. The summed E-state index contributed by atoms with van der Waals surface area (Å²) < 4.78 is 41.4. The molecule has 1 N–H and O–H groups in total. The third kappa shape index (κ3) is 2.62. The maximum absolute atomic E-state index is 13.6. The Kier molecular flexibility index (Phi) is 3.56. The van der Waals surface area contributed by atoms with E-state index in [4.69, 9.17) is 0 Å². The summed E-state index contributed by atoms with van der Waals surface area (Å²) in [6.07, 6.45) is 1.21. The molecule has 1 aromatic carbocycles. The molecule has 1 aliphatic rings. The van der Waals surface area contributed by atoms with Crippen LogP contribution in [0.2, 0.25) is 0 Å². The van der Waals surface area contributed by atoms with Crippen molar-refractivity contribution in [1.82, 2.24) is 4.72 Å². The van der Waals surface area contributed by atoms with Crippen molar-refractivity contribution in [3.63, 3.8) is 0 Å². The zero-order chi connectivity index (χ0) is 13.5. The summed E-state index contributed by atoms with van der Waals surface area (Å²) in [5, 5.41) is 0. The smallest absolute Gasteiger partial charge is 0.129 e.